The summed E-state index contributed by atoms with van der Waals surface area (Å²) in [7, 11) is 0. The van der Waals surface area contributed by atoms with E-state index in [0.717, 1.165) is 55.9 Å². The van der Waals surface area contributed by atoms with Crippen molar-refractivity contribution in [2.45, 2.75) is 51.0 Å². The minimum Gasteiger partial charge on any atom is -0.360 e. The molecule has 0 N–H and O–H groups in total. The molecule has 116 valence electrons. The van der Waals surface area contributed by atoms with Crippen molar-refractivity contribution in [1.29, 1.82) is 0 Å². The van der Waals surface area contributed by atoms with Crippen molar-refractivity contribution >= 4 is 5.91 Å². The highest BCUT2D eigenvalue weighted by atomic mass is 16.5. The molecule has 2 fully saturated rings. The molecule has 0 bridgehead atoms. The molecule has 1 atom stereocenters. The van der Waals surface area contributed by atoms with E-state index in [1.165, 1.54) is 0 Å². The van der Waals surface area contributed by atoms with Crippen LogP contribution >= 0.6 is 0 Å². The normalized spacial score (nSPS) is 21.5. The van der Waals surface area contributed by atoms with E-state index in [2.05, 4.69) is 10.3 Å². The van der Waals surface area contributed by atoms with Gasteiger partial charge in [-0.1, -0.05) is 17.2 Å². The van der Waals surface area contributed by atoms with Crippen molar-refractivity contribution in [1.82, 2.24) is 15.2 Å². The number of likely N-dealkylation sites (tertiary alicyclic amines) is 1. The first-order chi connectivity index (χ1) is 10.8. The van der Waals surface area contributed by atoms with Crippen molar-refractivity contribution < 1.29 is 13.8 Å². The van der Waals surface area contributed by atoms with E-state index < -0.39 is 0 Å². The second kappa shape index (κ2) is 5.26. The van der Waals surface area contributed by atoms with Gasteiger partial charge in [-0.3, -0.25) is 4.79 Å². The van der Waals surface area contributed by atoms with Gasteiger partial charge in [-0.05, 0) is 32.1 Å². The molecule has 6 heteroatoms. The zero-order valence-corrected chi connectivity index (χ0v) is 12.6. The highest BCUT2D eigenvalue weighted by molar-refractivity contribution is 5.92. The van der Waals surface area contributed by atoms with Crippen molar-refractivity contribution in [2.24, 2.45) is 0 Å². The molecule has 0 spiro atoms. The lowest BCUT2D eigenvalue weighted by Crippen LogP contribution is -2.30. The Hall–Kier alpha value is -2.11. The molecular formula is C16H19N3O3. The SMILES string of the molecule is CCc1cc([C@H]2CCCN2C(=O)c2cc(C3CC3)on2)on1. The first-order valence-electron chi connectivity index (χ1n) is 7.99. The van der Waals surface area contributed by atoms with Gasteiger partial charge >= 0.3 is 0 Å². The van der Waals surface area contributed by atoms with Crippen LogP contribution in [0.2, 0.25) is 0 Å². The van der Waals surface area contributed by atoms with Crippen molar-refractivity contribution in [2.75, 3.05) is 6.54 Å². The summed E-state index contributed by atoms with van der Waals surface area (Å²) in [6, 6.07) is 3.71. The van der Waals surface area contributed by atoms with Gasteiger partial charge in [-0.2, -0.15) is 0 Å². The molecule has 2 aromatic heterocycles. The van der Waals surface area contributed by atoms with Gasteiger partial charge in [0.05, 0.1) is 11.7 Å². The highest BCUT2D eigenvalue weighted by Gasteiger charge is 2.36. The molecule has 1 aliphatic carbocycles. The maximum atomic E-state index is 12.7. The second-order valence-corrected chi connectivity index (χ2v) is 6.12. The molecule has 4 rings (SSSR count). The molecule has 0 radical (unpaired) electrons. The predicted molar refractivity (Wildman–Crippen MR) is 77.4 cm³/mol. The summed E-state index contributed by atoms with van der Waals surface area (Å²) in [4.78, 5) is 14.5. The van der Waals surface area contributed by atoms with E-state index in [1.807, 2.05) is 17.9 Å². The molecule has 1 amide bonds. The summed E-state index contributed by atoms with van der Waals surface area (Å²) < 4.78 is 10.7. The molecule has 3 heterocycles. The third-order valence-electron chi connectivity index (χ3n) is 4.51. The fraction of sp³-hybridized carbons (Fsp3) is 0.562. The molecule has 0 aromatic carbocycles. The average molecular weight is 301 g/mol. The number of aromatic nitrogens is 2. The number of nitrogens with zero attached hydrogens (tertiary/aromatic N) is 3. The monoisotopic (exact) mass is 301 g/mol. The lowest BCUT2D eigenvalue weighted by Gasteiger charge is -2.21. The largest absolute Gasteiger partial charge is 0.360 e. The van der Waals surface area contributed by atoms with Gasteiger partial charge in [-0.15, -0.1) is 0 Å². The first-order valence-corrected chi connectivity index (χ1v) is 7.99. The van der Waals surface area contributed by atoms with Gasteiger partial charge in [0, 0.05) is 24.6 Å². The van der Waals surface area contributed by atoms with Gasteiger partial charge < -0.3 is 13.9 Å². The van der Waals surface area contributed by atoms with Gasteiger partial charge in [0.25, 0.3) is 5.91 Å². The minimum absolute atomic E-state index is 0.0404. The smallest absolute Gasteiger partial charge is 0.276 e. The Labute approximate surface area is 128 Å². The molecule has 6 nitrogen and oxygen atoms in total. The van der Waals surface area contributed by atoms with Crippen LogP contribution in [-0.2, 0) is 6.42 Å². The average Bonchev–Trinajstić information content (AvgIpc) is 3.02. The Balaban J connectivity index is 1.55. The maximum absolute atomic E-state index is 12.7. The molecule has 1 saturated heterocycles. The van der Waals surface area contributed by atoms with E-state index >= 15 is 0 Å². The van der Waals surface area contributed by atoms with Gasteiger partial charge in [0.15, 0.2) is 11.5 Å². The summed E-state index contributed by atoms with van der Waals surface area (Å²) in [5, 5.41) is 7.99. The number of carbonyl (C=O) groups excluding carboxylic acids is 1. The summed E-state index contributed by atoms with van der Waals surface area (Å²) in [5.74, 6) is 2.00. The Morgan fingerprint density at radius 1 is 1.23 bits per heavy atom. The second-order valence-electron chi connectivity index (χ2n) is 6.12. The zero-order chi connectivity index (χ0) is 15.1. The third kappa shape index (κ3) is 2.32. The number of rotatable bonds is 4. The van der Waals surface area contributed by atoms with Gasteiger partial charge in [0.1, 0.15) is 5.76 Å². The molecule has 2 aliphatic rings. The van der Waals surface area contributed by atoms with Crippen LogP contribution in [-0.4, -0.2) is 27.7 Å². The standard InChI is InChI=1S/C16H19N3O3/c1-2-11-8-15(22-17-11)13-4-3-7-19(13)16(20)12-9-14(21-18-12)10-5-6-10/h8-10,13H,2-7H2,1H3/t13-/m1/s1. The summed E-state index contributed by atoms with van der Waals surface area (Å²) in [5.41, 5.74) is 1.33. The number of hydrogen-bond donors (Lipinski definition) is 0. The van der Waals surface area contributed by atoms with E-state index in [1.54, 1.807) is 6.07 Å². The van der Waals surface area contributed by atoms with Crippen LogP contribution in [0.5, 0.6) is 0 Å². The Morgan fingerprint density at radius 2 is 2.05 bits per heavy atom. The molecule has 0 unspecified atom stereocenters. The first kappa shape index (κ1) is 13.5. The molecule has 22 heavy (non-hydrogen) atoms. The van der Waals surface area contributed by atoms with E-state index in [0.29, 0.717) is 11.6 Å². The van der Waals surface area contributed by atoms with Crippen LogP contribution in [0.3, 0.4) is 0 Å². The predicted octanol–water partition coefficient (Wildman–Crippen LogP) is 3.08. The van der Waals surface area contributed by atoms with Crippen LogP contribution in [0.15, 0.2) is 21.2 Å². The molecule has 1 saturated carbocycles. The van der Waals surface area contributed by atoms with Crippen LogP contribution in [0, 0.1) is 0 Å². The Kier molecular flexibility index (Phi) is 3.24. The summed E-state index contributed by atoms with van der Waals surface area (Å²) in [6.07, 6.45) is 4.96. The van der Waals surface area contributed by atoms with Crippen molar-refractivity contribution in [3.8, 4) is 0 Å². The van der Waals surface area contributed by atoms with Crippen LogP contribution in [0.4, 0.5) is 0 Å². The quantitative estimate of drug-likeness (QED) is 0.867. The van der Waals surface area contributed by atoms with Crippen molar-refractivity contribution in [3.63, 3.8) is 0 Å². The zero-order valence-electron chi connectivity index (χ0n) is 12.6. The fourth-order valence-electron chi connectivity index (χ4n) is 3.05. The summed E-state index contributed by atoms with van der Waals surface area (Å²) in [6.45, 7) is 2.76. The Morgan fingerprint density at radius 3 is 2.77 bits per heavy atom. The number of hydrogen-bond acceptors (Lipinski definition) is 5. The maximum Gasteiger partial charge on any atom is 0.276 e. The van der Waals surface area contributed by atoms with Crippen LogP contribution in [0.25, 0.3) is 0 Å². The highest BCUT2D eigenvalue weighted by Crippen LogP contribution is 2.40. The van der Waals surface area contributed by atoms with E-state index in [9.17, 15) is 4.79 Å². The lowest BCUT2D eigenvalue weighted by molar-refractivity contribution is 0.0704. The number of amides is 1. The fourth-order valence-corrected chi connectivity index (χ4v) is 3.05. The third-order valence-corrected chi connectivity index (χ3v) is 4.51. The molecule has 2 aromatic rings. The minimum atomic E-state index is -0.0763. The van der Waals surface area contributed by atoms with Gasteiger partial charge in [0.2, 0.25) is 0 Å². The molecule has 1 aliphatic heterocycles. The number of carbonyl (C=O) groups is 1. The van der Waals surface area contributed by atoms with Crippen molar-refractivity contribution in [3.05, 3.63) is 35.0 Å². The van der Waals surface area contributed by atoms with Crippen LogP contribution < -0.4 is 0 Å². The topological polar surface area (TPSA) is 72.4 Å². The van der Waals surface area contributed by atoms with Crippen LogP contribution in [0.1, 0.15) is 72.3 Å². The lowest BCUT2D eigenvalue weighted by atomic mass is 10.1. The van der Waals surface area contributed by atoms with E-state index in [4.69, 9.17) is 9.05 Å². The van der Waals surface area contributed by atoms with E-state index in [-0.39, 0.29) is 11.9 Å². The molecular weight excluding hydrogens is 282 g/mol. The van der Waals surface area contributed by atoms with Gasteiger partial charge in [-0.25, -0.2) is 0 Å². The summed E-state index contributed by atoms with van der Waals surface area (Å²) >= 11 is 0. The number of aryl methyl sites for hydroxylation is 1. The Bertz CT molecular complexity index is 686.